The molecular weight excluding hydrogens is 378 g/mol. The van der Waals surface area contributed by atoms with Crippen molar-refractivity contribution in [1.29, 1.82) is 0 Å². The van der Waals surface area contributed by atoms with Gasteiger partial charge < -0.3 is 0 Å². The zero-order valence-electron chi connectivity index (χ0n) is 17.0. The molecule has 1 fully saturated rings. The predicted octanol–water partition coefficient (Wildman–Crippen LogP) is 5.29. The number of non-ortho nitro benzene ring substituents is 1. The van der Waals surface area contributed by atoms with Gasteiger partial charge >= 0.3 is 0 Å². The number of carbonyl (C=O) groups is 1. The second-order valence-electron chi connectivity index (χ2n) is 7.57. The molecule has 0 aromatic heterocycles. The van der Waals surface area contributed by atoms with Gasteiger partial charge in [0.05, 0.1) is 21.9 Å². The average molecular weight is 403 g/mol. The van der Waals surface area contributed by atoms with Crippen LogP contribution in [-0.2, 0) is 4.79 Å². The highest BCUT2D eigenvalue weighted by atomic mass is 16.6. The zero-order valence-corrected chi connectivity index (χ0v) is 17.0. The van der Waals surface area contributed by atoms with Crippen molar-refractivity contribution < 1.29 is 9.72 Å². The molecule has 1 heterocycles. The highest BCUT2D eigenvalue weighted by Gasteiger charge is 2.32. The summed E-state index contributed by atoms with van der Waals surface area (Å²) in [6.07, 6.45) is 2.63. The number of nitro benzene ring substituents is 1. The molecule has 6 nitrogen and oxygen atoms in total. The Labute approximate surface area is 175 Å². The van der Waals surface area contributed by atoms with Gasteiger partial charge in [0.2, 0.25) is 5.91 Å². The number of hydrazine groups is 1. The summed E-state index contributed by atoms with van der Waals surface area (Å²) < 4.78 is 0. The second kappa shape index (κ2) is 8.53. The average Bonchev–Trinajstić information content (AvgIpc) is 2.79. The Morgan fingerprint density at radius 1 is 0.967 bits per heavy atom. The molecule has 1 saturated heterocycles. The van der Waals surface area contributed by atoms with Crippen LogP contribution in [0, 0.1) is 10.1 Å². The van der Waals surface area contributed by atoms with E-state index in [1.54, 1.807) is 24.3 Å². The van der Waals surface area contributed by atoms with Gasteiger partial charge in [0.25, 0.3) is 5.69 Å². The van der Waals surface area contributed by atoms with Gasteiger partial charge in [0, 0.05) is 24.5 Å². The molecule has 1 aliphatic heterocycles. The molecule has 154 valence electrons. The Balaban J connectivity index is 1.75. The summed E-state index contributed by atoms with van der Waals surface area (Å²) in [6.45, 7) is 3.39. The molecule has 1 aliphatic rings. The number of nitro groups is 1. The summed E-state index contributed by atoms with van der Waals surface area (Å²) in [5.41, 5.74) is 1.94. The summed E-state index contributed by atoms with van der Waals surface area (Å²) in [5.74, 6) is -0.137. The van der Waals surface area contributed by atoms with E-state index in [1.165, 1.54) is 0 Å². The Morgan fingerprint density at radius 3 is 2.33 bits per heavy atom. The number of amides is 1. The third kappa shape index (κ3) is 3.61. The van der Waals surface area contributed by atoms with E-state index in [1.807, 2.05) is 59.4 Å². The highest BCUT2D eigenvalue weighted by Crippen LogP contribution is 2.36. The van der Waals surface area contributed by atoms with Crippen molar-refractivity contribution in [2.45, 2.75) is 32.1 Å². The van der Waals surface area contributed by atoms with E-state index in [-0.39, 0.29) is 22.4 Å². The summed E-state index contributed by atoms with van der Waals surface area (Å²) in [5, 5.41) is 16.7. The summed E-state index contributed by atoms with van der Waals surface area (Å²) in [7, 11) is 0. The van der Waals surface area contributed by atoms with Crippen LogP contribution in [0.4, 0.5) is 11.4 Å². The Morgan fingerprint density at radius 2 is 1.63 bits per heavy atom. The van der Waals surface area contributed by atoms with E-state index in [0.717, 1.165) is 29.5 Å². The van der Waals surface area contributed by atoms with E-state index in [0.29, 0.717) is 24.9 Å². The maximum Gasteiger partial charge on any atom is 0.277 e. The first kappa shape index (κ1) is 19.9. The lowest BCUT2D eigenvalue weighted by Crippen LogP contribution is -2.52. The molecule has 0 bridgehead atoms. The van der Waals surface area contributed by atoms with Crippen LogP contribution < -0.4 is 5.01 Å². The number of nitrogens with zero attached hydrogens (tertiary/aromatic N) is 3. The van der Waals surface area contributed by atoms with Gasteiger partial charge in [-0.25, -0.2) is 0 Å². The van der Waals surface area contributed by atoms with Crippen LogP contribution >= 0.6 is 0 Å². The Bertz CT molecular complexity index is 1070. The number of fused-ring (bicyclic) bond motifs is 1. The first-order valence-corrected chi connectivity index (χ1v) is 10.4. The van der Waals surface area contributed by atoms with Gasteiger partial charge in [-0.2, -0.15) is 0 Å². The molecule has 0 spiro atoms. The number of benzene rings is 3. The van der Waals surface area contributed by atoms with Crippen molar-refractivity contribution >= 4 is 28.1 Å². The first-order valence-electron chi connectivity index (χ1n) is 10.4. The van der Waals surface area contributed by atoms with Crippen molar-refractivity contribution in [1.82, 2.24) is 5.01 Å². The molecule has 4 rings (SSSR count). The third-order valence-electron chi connectivity index (χ3n) is 5.80. The lowest BCUT2D eigenvalue weighted by atomic mass is 9.95. The van der Waals surface area contributed by atoms with Crippen LogP contribution in [-0.4, -0.2) is 28.9 Å². The molecule has 30 heavy (non-hydrogen) atoms. The van der Waals surface area contributed by atoms with Gasteiger partial charge in [-0.1, -0.05) is 55.5 Å². The van der Waals surface area contributed by atoms with E-state index in [4.69, 9.17) is 0 Å². The Hall–Kier alpha value is -3.41. The fourth-order valence-corrected chi connectivity index (χ4v) is 4.31. The van der Waals surface area contributed by atoms with Crippen molar-refractivity contribution in [2.24, 2.45) is 0 Å². The minimum atomic E-state index is -0.353. The number of anilines is 1. The van der Waals surface area contributed by atoms with Gasteiger partial charge in [-0.15, -0.1) is 0 Å². The molecule has 3 aromatic rings. The van der Waals surface area contributed by atoms with Crippen molar-refractivity contribution in [3.63, 3.8) is 0 Å². The van der Waals surface area contributed by atoms with Gasteiger partial charge in [-0.3, -0.25) is 24.9 Å². The third-order valence-corrected chi connectivity index (χ3v) is 5.80. The van der Waals surface area contributed by atoms with Crippen LogP contribution in [0.1, 0.15) is 37.7 Å². The van der Waals surface area contributed by atoms with Gasteiger partial charge in [0.1, 0.15) is 0 Å². The monoisotopic (exact) mass is 403 g/mol. The molecular formula is C24H25N3O3. The number of carbonyl (C=O) groups excluding carboxylic acids is 1. The smallest absolute Gasteiger partial charge is 0.277 e. The van der Waals surface area contributed by atoms with Crippen LogP contribution in [0.5, 0.6) is 0 Å². The number of hydrogen-bond acceptors (Lipinski definition) is 4. The molecule has 1 atom stereocenters. The quantitative estimate of drug-likeness (QED) is 0.429. The normalized spacial score (nSPS) is 15.2. The van der Waals surface area contributed by atoms with Gasteiger partial charge in [0.15, 0.2) is 0 Å². The van der Waals surface area contributed by atoms with Crippen LogP contribution in [0.3, 0.4) is 0 Å². The lowest BCUT2D eigenvalue weighted by molar-refractivity contribution is -0.383. The molecule has 1 unspecified atom stereocenters. The molecule has 6 heteroatoms. The maximum absolute atomic E-state index is 13.6. The van der Waals surface area contributed by atoms with Crippen LogP contribution in [0.15, 0.2) is 66.7 Å². The molecule has 1 amide bonds. The largest absolute Gasteiger partial charge is 0.282 e. The fraction of sp³-hybridized carbons (Fsp3) is 0.292. The topological polar surface area (TPSA) is 66.7 Å². The molecule has 0 saturated carbocycles. The van der Waals surface area contributed by atoms with Crippen molar-refractivity contribution in [3.8, 4) is 0 Å². The standard InChI is InChI=1S/C24H25N3O3/c1-2-19(18-10-4-3-5-11-18)24(28)26-17-9-8-16-25(26)22-14-15-23(27(29)30)21-13-7-6-12-20(21)22/h3-7,10-15,19H,2,8-9,16-17H2,1H3. The molecule has 0 radical (unpaired) electrons. The van der Waals surface area contributed by atoms with E-state index in [9.17, 15) is 14.9 Å². The summed E-state index contributed by atoms with van der Waals surface area (Å²) in [4.78, 5) is 24.7. The summed E-state index contributed by atoms with van der Waals surface area (Å²) in [6, 6.07) is 20.5. The predicted molar refractivity (Wildman–Crippen MR) is 118 cm³/mol. The molecule has 0 aliphatic carbocycles. The first-order chi connectivity index (χ1) is 14.6. The number of hydrogen-bond donors (Lipinski definition) is 0. The zero-order chi connectivity index (χ0) is 21.1. The van der Waals surface area contributed by atoms with E-state index in [2.05, 4.69) is 0 Å². The second-order valence-corrected chi connectivity index (χ2v) is 7.57. The maximum atomic E-state index is 13.6. The Kier molecular flexibility index (Phi) is 5.65. The minimum absolute atomic E-state index is 0.0748. The number of rotatable bonds is 5. The fourth-order valence-electron chi connectivity index (χ4n) is 4.31. The molecule has 3 aromatic carbocycles. The highest BCUT2D eigenvalue weighted by molar-refractivity contribution is 6.00. The van der Waals surface area contributed by atoms with Crippen LogP contribution in [0.25, 0.3) is 10.8 Å². The minimum Gasteiger partial charge on any atom is -0.282 e. The van der Waals surface area contributed by atoms with Crippen molar-refractivity contribution in [3.05, 3.63) is 82.4 Å². The summed E-state index contributed by atoms with van der Waals surface area (Å²) >= 11 is 0. The molecule has 0 N–H and O–H groups in total. The van der Waals surface area contributed by atoms with Crippen LogP contribution in [0.2, 0.25) is 0 Å². The van der Waals surface area contributed by atoms with E-state index >= 15 is 0 Å². The lowest BCUT2D eigenvalue weighted by Gasteiger charge is -2.42. The van der Waals surface area contributed by atoms with Gasteiger partial charge in [-0.05, 0) is 37.0 Å². The van der Waals surface area contributed by atoms with Crippen molar-refractivity contribution in [2.75, 3.05) is 18.1 Å². The van der Waals surface area contributed by atoms with E-state index < -0.39 is 0 Å². The SMILES string of the molecule is CCC(C(=O)N1CCCCN1c1ccc([N+](=O)[O-])c2ccccc12)c1ccccc1.